The summed E-state index contributed by atoms with van der Waals surface area (Å²) in [5.74, 6) is 1.54. The van der Waals surface area contributed by atoms with E-state index in [-0.39, 0.29) is 12.2 Å². The second-order valence-corrected chi connectivity index (χ2v) is 8.13. The van der Waals surface area contributed by atoms with Gasteiger partial charge >= 0.3 is 6.03 Å². The maximum atomic E-state index is 13.2. The average Bonchev–Trinajstić information content (AvgIpc) is 2.70. The number of anilines is 1. The number of terminal acetylenes is 1. The lowest BCUT2D eigenvalue weighted by molar-refractivity contribution is -0.122. The van der Waals surface area contributed by atoms with Crippen molar-refractivity contribution in [1.82, 2.24) is 5.32 Å². The second-order valence-electron chi connectivity index (χ2n) is 7.28. The molecule has 32 heavy (non-hydrogen) atoms. The number of urea groups is 1. The van der Waals surface area contributed by atoms with Gasteiger partial charge in [0.15, 0.2) is 0 Å². The average molecular weight is 493 g/mol. The number of nitrogens with zero attached hydrogens (tertiary/aromatic N) is 1. The first-order valence-corrected chi connectivity index (χ1v) is 10.5. The number of nitrogens with one attached hydrogen (secondary N) is 1. The van der Waals surface area contributed by atoms with Gasteiger partial charge in [-0.15, -0.1) is 13.0 Å². The van der Waals surface area contributed by atoms with Gasteiger partial charge in [-0.3, -0.25) is 14.9 Å². The van der Waals surface area contributed by atoms with Crippen LogP contribution in [0, 0.1) is 26.2 Å². The Balaban J connectivity index is 2.05. The van der Waals surface area contributed by atoms with E-state index in [4.69, 9.17) is 11.2 Å². The largest absolute Gasteiger partial charge is 0.479 e. The number of carbonyl (C=O) groups excluding carboxylic acids is 3. The minimum absolute atomic E-state index is 0.0943. The summed E-state index contributed by atoms with van der Waals surface area (Å²) in [5, 5.41) is 2.25. The van der Waals surface area contributed by atoms with Crippen LogP contribution in [0.3, 0.4) is 0 Å². The number of carbonyl (C=O) groups is 3. The number of benzene rings is 2. The molecule has 0 radical (unpaired) electrons. The molecule has 3 rings (SSSR count). The number of halogens is 1. The van der Waals surface area contributed by atoms with E-state index in [0.29, 0.717) is 27.9 Å². The molecule has 4 amide bonds. The molecule has 1 saturated heterocycles. The fraction of sp³-hybridized carbons (Fsp3) is 0.160. The quantitative estimate of drug-likeness (QED) is 0.279. The van der Waals surface area contributed by atoms with Gasteiger partial charge in [0, 0.05) is 0 Å². The Bertz CT molecular complexity index is 1190. The molecule has 0 atom stereocenters. The fourth-order valence-electron chi connectivity index (χ4n) is 3.48. The number of hydrogen-bond donors (Lipinski definition) is 1. The van der Waals surface area contributed by atoms with Crippen LogP contribution in [0.2, 0.25) is 0 Å². The summed E-state index contributed by atoms with van der Waals surface area (Å²) in [5.41, 5.74) is 3.39. The predicted molar refractivity (Wildman–Crippen MR) is 127 cm³/mol. The second kappa shape index (κ2) is 9.67. The number of hydrogen-bond acceptors (Lipinski definition) is 4. The third kappa shape index (κ3) is 4.82. The van der Waals surface area contributed by atoms with E-state index in [1.54, 1.807) is 30.3 Å². The zero-order chi connectivity index (χ0) is 23.4. The first-order chi connectivity index (χ1) is 15.2. The maximum absolute atomic E-state index is 13.2. The van der Waals surface area contributed by atoms with Crippen LogP contribution in [0.25, 0.3) is 6.08 Å². The van der Waals surface area contributed by atoms with Gasteiger partial charge in [-0.2, -0.15) is 0 Å². The Morgan fingerprint density at radius 1 is 1.16 bits per heavy atom. The number of rotatable bonds is 6. The summed E-state index contributed by atoms with van der Waals surface area (Å²) in [4.78, 5) is 39.1. The van der Waals surface area contributed by atoms with Gasteiger partial charge in [-0.25, -0.2) is 9.69 Å². The lowest BCUT2D eigenvalue weighted by Crippen LogP contribution is -2.54. The van der Waals surface area contributed by atoms with E-state index in [9.17, 15) is 14.4 Å². The van der Waals surface area contributed by atoms with Crippen molar-refractivity contribution in [3.05, 3.63) is 75.3 Å². The van der Waals surface area contributed by atoms with Crippen LogP contribution < -0.4 is 15.0 Å². The van der Waals surface area contributed by atoms with E-state index < -0.39 is 17.8 Å². The van der Waals surface area contributed by atoms with Crippen LogP contribution in [-0.4, -0.2) is 24.5 Å². The number of aryl methyl sites for hydroxylation is 2. The molecule has 0 spiro atoms. The maximum Gasteiger partial charge on any atom is 0.335 e. The van der Waals surface area contributed by atoms with Crippen LogP contribution in [0.4, 0.5) is 10.5 Å². The molecule has 2 aromatic carbocycles. The van der Waals surface area contributed by atoms with E-state index in [2.05, 4.69) is 33.7 Å². The van der Waals surface area contributed by atoms with Crippen molar-refractivity contribution < 1.29 is 19.1 Å². The van der Waals surface area contributed by atoms with Crippen molar-refractivity contribution in [2.24, 2.45) is 0 Å². The van der Waals surface area contributed by atoms with Crippen molar-refractivity contribution >= 4 is 45.5 Å². The van der Waals surface area contributed by atoms with Gasteiger partial charge in [0.25, 0.3) is 11.8 Å². The summed E-state index contributed by atoms with van der Waals surface area (Å²) in [6, 6.07) is 8.07. The Morgan fingerprint density at radius 2 is 1.84 bits per heavy atom. The van der Waals surface area contributed by atoms with Crippen LogP contribution in [-0.2, 0) is 16.0 Å². The fourth-order valence-corrected chi connectivity index (χ4v) is 4.11. The number of allylic oxidation sites excluding steroid dienone is 1. The summed E-state index contributed by atoms with van der Waals surface area (Å²) < 4.78 is 6.23. The summed E-state index contributed by atoms with van der Waals surface area (Å²) >= 11 is 3.46. The first-order valence-electron chi connectivity index (χ1n) is 9.74. The van der Waals surface area contributed by atoms with Crippen molar-refractivity contribution in [1.29, 1.82) is 0 Å². The number of ether oxygens (including phenoxy) is 1. The van der Waals surface area contributed by atoms with Gasteiger partial charge in [-0.05, 0) is 88.8 Å². The molecule has 1 heterocycles. The Morgan fingerprint density at radius 3 is 2.47 bits per heavy atom. The molecule has 0 unspecified atom stereocenters. The van der Waals surface area contributed by atoms with Gasteiger partial charge in [0.05, 0.1) is 10.2 Å². The Labute approximate surface area is 195 Å². The zero-order valence-corrected chi connectivity index (χ0v) is 19.3. The van der Waals surface area contributed by atoms with E-state index in [1.807, 2.05) is 19.9 Å². The minimum Gasteiger partial charge on any atom is -0.479 e. The normalized spacial score (nSPS) is 14.9. The smallest absolute Gasteiger partial charge is 0.335 e. The highest BCUT2D eigenvalue weighted by Crippen LogP contribution is 2.33. The van der Waals surface area contributed by atoms with Gasteiger partial charge in [-0.1, -0.05) is 18.1 Å². The lowest BCUT2D eigenvalue weighted by Gasteiger charge is -2.27. The molecule has 1 aliphatic heterocycles. The van der Waals surface area contributed by atoms with Crippen molar-refractivity contribution in [3.63, 3.8) is 0 Å². The molecule has 1 aliphatic rings. The standard InChI is InChI=1S/C25H21BrN2O4/c1-5-7-18-12-17(14-21(26)22(18)32-8-6-2)13-20-23(29)27-25(31)28(24(20)30)19-10-15(3)9-16(4)11-19/h2,5,9-14H,1,7-8H2,3-4H3,(H,27,29,31)/b20-13+. The van der Waals surface area contributed by atoms with Crippen LogP contribution >= 0.6 is 15.9 Å². The lowest BCUT2D eigenvalue weighted by atomic mass is 10.0. The van der Waals surface area contributed by atoms with Gasteiger partial charge in [0.1, 0.15) is 17.9 Å². The molecule has 0 aliphatic carbocycles. The SMILES string of the molecule is C#CCOc1c(Br)cc(/C=C2\C(=O)NC(=O)N(c3cc(C)cc(C)c3)C2=O)cc1CC=C. The summed E-state index contributed by atoms with van der Waals surface area (Å²) in [7, 11) is 0. The highest BCUT2D eigenvalue weighted by molar-refractivity contribution is 9.10. The number of imide groups is 2. The Kier molecular flexibility index (Phi) is 6.96. The van der Waals surface area contributed by atoms with E-state index in [0.717, 1.165) is 21.6 Å². The van der Waals surface area contributed by atoms with E-state index >= 15 is 0 Å². The zero-order valence-electron chi connectivity index (χ0n) is 17.7. The van der Waals surface area contributed by atoms with Crippen molar-refractivity contribution in [3.8, 4) is 18.1 Å². The number of barbiturate groups is 1. The minimum atomic E-state index is -0.784. The highest BCUT2D eigenvalue weighted by atomic mass is 79.9. The summed E-state index contributed by atoms with van der Waals surface area (Å²) in [6.07, 6.45) is 8.94. The molecule has 162 valence electrons. The van der Waals surface area contributed by atoms with Crippen LogP contribution in [0.15, 0.2) is 53.0 Å². The van der Waals surface area contributed by atoms with Gasteiger partial charge < -0.3 is 4.74 Å². The molecule has 2 aromatic rings. The monoisotopic (exact) mass is 492 g/mol. The first kappa shape index (κ1) is 23.0. The predicted octanol–water partition coefficient (Wildman–Crippen LogP) is 4.47. The third-order valence-electron chi connectivity index (χ3n) is 4.68. The topological polar surface area (TPSA) is 75.7 Å². The van der Waals surface area contributed by atoms with E-state index in [1.165, 1.54) is 6.08 Å². The van der Waals surface area contributed by atoms with Crippen molar-refractivity contribution in [2.75, 3.05) is 11.5 Å². The highest BCUT2D eigenvalue weighted by Gasteiger charge is 2.37. The number of amides is 4. The molecule has 0 aromatic heterocycles. The van der Waals surface area contributed by atoms with Gasteiger partial charge in [0.2, 0.25) is 0 Å². The third-order valence-corrected chi connectivity index (χ3v) is 5.27. The Hall–Kier alpha value is -3.63. The summed E-state index contributed by atoms with van der Waals surface area (Å²) in [6.45, 7) is 7.58. The molecule has 6 nitrogen and oxygen atoms in total. The molecule has 1 fully saturated rings. The molecule has 0 bridgehead atoms. The van der Waals surface area contributed by atoms with Crippen LogP contribution in [0.5, 0.6) is 5.75 Å². The van der Waals surface area contributed by atoms with Crippen molar-refractivity contribution in [2.45, 2.75) is 20.3 Å². The molecule has 0 saturated carbocycles. The molecule has 7 heteroatoms. The molecular formula is C25H21BrN2O4. The molecular weight excluding hydrogens is 472 g/mol. The van der Waals surface area contributed by atoms with Crippen LogP contribution in [0.1, 0.15) is 22.3 Å². The molecule has 1 N–H and O–H groups in total.